The van der Waals surface area contributed by atoms with Gasteiger partial charge >= 0.3 is 5.97 Å². The molecule has 1 N–H and O–H groups in total. The number of carbonyl (C=O) groups is 4. The lowest BCUT2D eigenvalue weighted by Gasteiger charge is -2.19. The Balaban J connectivity index is 1.51. The Kier molecular flexibility index (Phi) is 6.11. The molecule has 0 radical (unpaired) electrons. The largest absolute Gasteiger partial charge is 0.454 e. The van der Waals surface area contributed by atoms with Gasteiger partial charge in [-0.05, 0) is 30.4 Å². The van der Waals surface area contributed by atoms with Crippen LogP contribution in [0.4, 0.5) is 5.69 Å². The monoisotopic (exact) mass is 386 g/mol. The second-order valence-corrected chi connectivity index (χ2v) is 7.71. The number of fused-ring (bicyclic) bond motifs is 1. The van der Waals surface area contributed by atoms with Gasteiger partial charge in [-0.2, -0.15) is 0 Å². The Morgan fingerprint density at radius 2 is 1.71 bits per heavy atom. The zero-order valence-electron chi connectivity index (χ0n) is 16.3. The minimum Gasteiger partial charge on any atom is -0.454 e. The second kappa shape index (κ2) is 8.54. The van der Waals surface area contributed by atoms with Crippen LogP contribution in [0.5, 0.6) is 0 Å². The fraction of sp³-hybridized carbons (Fsp3) is 0.524. The number of hydrogen-bond acceptors (Lipinski definition) is 5. The first-order valence-corrected chi connectivity index (χ1v) is 9.78. The van der Waals surface area contributed by atoms with E-state index < -0.39 is 25.0 Å². The Bertz CT molecular complexity index is 765. The number of rotatable bonds is 6. The van der Waals surface area contributed by atoms with Gasteiger partial charge in [0.25, 0.3) is 5.91 Å². The molecule has 2 atom stereocenters. The summed E-state index contributed by atoms with van der Waals surface area (Å²) < 4.78 is 4.99. The molecule has 1 aliphatic carbocycles. The number of benzene rings is 1. The minimum absolute atomic E-state index is 0.231. The molecule has 2 fully saturated rings. The molecule has 1 aromatic rings. The number of amides is 3. The predicted octanol–water partition coefficient (Wildman–Crippen LogP) is 2.47. The van der Waals surface area contributed by atoms with Crippen molar-refractivity contribution in [2.45, 2.75) is 45.4 Å². The van der Waals surface area contributed by atoms with Crippen LogP contribution in [0.1, 0.15) is 51.0 Å². The molecule has 1 saturated carbocycles. The van der Waals surface area contributed by atoms with Gasteiger partial charge in [0.05, 0.1) is 11.8 Å². The summed E-state index contributed by atoms with van der Waals surface area (Å²) >= 11 is 0. The Labute approximate surface area is 164 Å². The average Bonchev–Trinajstić information content (AvgIpc) is 2.92. The van der Waals surface area contributed by atoms with Crippen LogP contribution in [0.25, 0.3) is 0 Å². The molecule has 1 saturated heterocycles. The molecule has 2 aliphatic rings. The maximum absolute atomic E-state index is 12.4. The lowest BCUT2D eigenvalue weighted by atomic mass is 9.81. The highest BCUT2D eigenvalue weighted by Gasteiger charge is 2.48. The first-order valence-electron chi connectivity index (χ1n) is 9.78. The van der Waals surface area contributed by atoms with Gasteiger partial charge in [-0.1, -0.05) is 44.9 Å². The molecule has 0 bridgehead atoms. The van der Waals surface area contributed by atoms with E-state index in [4.69, 9.17) is 4.74 Å². The highest BCUT2D eigenvalue weighted by Crippen LogP contribution is 2.37. The summed E-state index contributed by atoms with van der Waals surface area (Å²) in [6, 6.07) is 7.43. The van der Waals surface area contributed by atoms with E-state index in [0.717, 1.165) is 23.3 Å². The van der Waals surface area contributed by atoms with E-state index in [1.165, 1.54) is 0 Å². The molecule has 1 aromatic carbocycles. The predicted molar refractivity (Wildman–Crippen MR) is 102 cm³/mol. The number of para-hydroxylation sites is 1. The van der Waals surface area contributed by atoms with E-state index in [0.29, 0.717) is 18.5 Å². The summed E-state index contributed by atoms with van der Waals surface area (Å²) in [6.45, 7) is 3.15. The Hall–Kier alpha value is -2.70. The van der Waals surface area contributed by atoms with Crippen molar-refractivity contribution in [1.82, 2.24) is 4.90 Å². The van der Waals surface area contributed by atoms with Crippen LogP contribution in [0.15, 0.2) is 24.3 Å². The van der Waals surface area contributed by atoms with Crippen LogP contribution in [0.2, 0.25) is 0 Å². The van der Waals surface area contributed by atoms with Crippen LogP contribution >= 0.6 is 0 Å². The SMILES string of the molecule is CC(C)c1ccccc1NC(=O)COC(=O)CN1C(=O)[C@@H]2CCCC[C@H]2C1=O. The van der Waals surface area contributed by atoms with E-state index in [1.54, 1.807) is 6.07 Å². The first-order chi connectivity index (χ1) is 13.4. The first kappa shape index (κ1) is 20.0. The number of carbonyl (C=O) groups excluding carboxylic acids is 4. The van der Waals surface area contributed by atoms with Crippen molar-refractivity contribution in [1.29, 1.82) is 0 Å². The van der Waals surface area contributed by atoms with Crippen molar-refractivity contribution in [3.05, 3.63) is 29.8 Å². The number of likely N-dealkylation sites (tertiary alicyclic amines) is 1. The van der Waals surface area contributed by atoms with Gasteiger partial charge in [-0.25, -0.2) is 0 Å². The molecular weight excluding hydrogens is 360 g/mol. The third-order valence-electron chi connectivity index (χ3n) is 5.44. The maximum atomic E-state index is 12.4. The van der Waals surface area contributed by atoms with Gasteiger partial charge in [-0.3, -0.25) is 24.1 Å². The lowest BCUT2D eigenvalue weighted by molar-refractivity contribution is -0.154. The molecule has 7 nitrogen and oxygen atoms in total. The van der Waals surface area contributed by atoms with Crippen molar-refractivity contribution in [2.75, 3.05) is 18.5 Å². The van der Waals surface area contributed by atoms with E-state index in [1.807, 2.05) is 32.0 Å². The third kappa shape index (κ3) is 4.24. The molecule has 150 valence electrons. The smallest absolute Gasteiger partial charge is 0.326 e. The van der Waals surface area contributed by atoms with Crippen molar-refractivity contribution in [3.63, 3.8) is 0 Å². The van der Waals surface area contributed by atoms with Gasteiger partial charge < -0.3 is 10.1 Å². The summed E-state index contributed by atoms with van der Waals surface area (Å²) in [5.74, 6) is -2.17. The Morgan fingerprint density at radius 1 is 1.11 bits per heavy atom. The molecule has 1 heterocycles. The second-order valence-electron chi connectivity index (χ2n) is 7.71. The average molecular weight is 386 g/mol. The van der Waals surface area contributed by atoms with Gasteiger partial charge in [0.15, 0.2) is 6.61 Å². The topological polar surface area (TPSA) is 92.8 Å². The van der Waals surface area contributed by atoms with Crippen LogP contribution in [-0.4, -0.2) is 41.7 Å². The highest BCUT2D eigenvalue weighted by atomic mass is 16.5. The fourth-order valence-electron chi connectivity index (χ4n) is 4.01. The zero-order valence-corrected chi connectivity index (χ0v) is 16.3. The molecule has 0 unspecified atom stereocenters. The normalized spacial score (nSPS) is 21.6. The van der Waals surface area contributed by atoms with Gasteiger partial charge in [0.2, 0.25) is 11.8 Å². The van der Waals surface area contributed by atoms with Crippen LogP contribution in [0, 0.1) is 11.8 Å². The summed E-state index contributed by atoms with van der Waals surface area (Å²) in [5.41, 5.74) is 1.66. The van der Waals surface area contributed by atoms with Crippen molar-refractivity contribution < 1.29 is 23.9 Å². The summed E-state index contributed by atoms with van der Waals surface area (Å²) in [7, 11) is 0. The van der Waals surface area contributed by atoms with Crippen molar-refractivity contribution >= 4 is 29.4 Å². The maximum Gasteiger partial charge on any atom is 0.326 e. The zero-order chi connectivity index (χ0) is 20.3. The third-order valence-corrected chi connectivity index (χ3v) is 5.44. The molecular formula is C21H26N2O5. The van der Waals surface area contributed by atoms with E-state index in [9.17, 15) is 19.2 Å². The van der Waals surface area contributed by atoms with Gasteiger partial charge in [0.1, 0.15) is 6.54 Å². The van der Waals surface area contributed by atoms with Crippen molar-refractivity contribution in [2.24, 2.45) is 11.8 Å². The number of anilines is 1. The summed E-state index contributed by atoms with van der Waals surface area (Å²) in [6.07, 6.45) is 3.24. The minimum atomic E-state index is -0.757. The molecule has 1 aliphatic heterocycles. The van der Waals surface area contributed by atoms with Crippen LogP contribution < -0.4 is 5.32 Å². The van der Waals surface area contributed by atoms with Gasteiger partial charge in [-0.15, -0.1) is 0 Å². The van der Waals surface area contributed by atoms with Crippen molar-refractivity contribution in [3.8, 4) is 0 Å². The lowest BCUT2D eigenvalue weighted by Crippen LogP contribution is -2.37. The number of ether oxygens (including phenoxy) is 1. The van der Waals surface area contributed by atoms with E-state index in [-0.39, 0.29) is 29.6 Å². The molecule has 7 heteroatoms. The molecule has 0 spiro atoms. The number of nitrogens with one attached hydrogen (secondary N) is 1. The summed E-state index contributed by atoms with van der Waals surface area (Å²) in [4.78, 5) is 50.0. The van der Waals surface area contributed by atoms with E-state index >= 15 is 0 Å². The fourth-order valence-corrected chi connectivity index (χ4v) is 4.01. The number of nitrogens with zero attached hydrogens (tertiary/aromatic N) is 1. The molecule has 0 aromatic heterocycles. The van der Waals surface area contributed by atoms with Crippen LogP contribution in [0.3, 0.4) is 0 Å². The molecule has 28 heavy (non-hydrogen) atoms. The van der Waals surface area contributed by atoms with E-state index in [2.05, 4.69) is 5.32 Å². The highest BCUT2D eigenvalue weighted by molar-refractivity contribution is 6.07. The molecule has 3 rings (SSSR count). The summed E-state index contributed by atoms with van der Waals surface area (Å²) in [5, 5.41) is 2.74. The van der Waals surface area contributed by atoms with Gasteiger partial charge in [0, 0.05) is 5.69 Å². The van der Waals surface area contributed by atoms with Crippen LogP contribution in [-0.2, 0) is 23.9 Å². The number of esters is 1. The Morgan fingerprint density at radius 3 is 2.32 bits per heavy atom. The number of hydrogen-bond donors (Lipinski definition) is 1. The standard InChI is InChI=1S/C21H26N2O5/c1-13(2)14-7-5-6-10-17(14)22-18(24)12-28-19(25)11-23-20(26)15-8-3-4-9-16(15)21(23)27/h5-7,10,13,15-16H,3-4,8-9,11-12H2,1-2H3,(H,22,24)/t15-,16-/m1/s1. The number of imide groups is 1. The quantitative estimate of drug-likeness (QED) is 0.599. The molecule has 3 amide bonds.